The minimum atomic E-state index is 0.333. The zero-order valence-electron chi connectivity index (χ0n) is 13.0. The third-order valence-electron chi connectivity index (χ3n) is 4.02. The highest BCUT2D eigenvalue weighted by Gasteiger charge is 2.34. The fraction of sp³-hybridized carbons (Fsp3) is 0.529. The minimum absolute atomic E-state index is 0.333. The monoisotopic (exact) mass is 301 g/mol. The van der Waals surface area contributed by atoms with Crippen molar-refractivity contribution in [2.75, 3.05) is 6.54 Å². The molecule has 0 radical (unpaired) electrons. The van der Waals surface area contributed by atoms with Crippen molar-refractivity contribution in [3.05, 3.63) is 45.7 Å². The summed E-state index contributed by atoms with van der Waals surface area (Å²) in [6, 6.07) is 4.58. The van der Waals surface area contributed by atoms with Crippen molar-refractivity contribution >= 4 is 11.3 Å². The lowest BCUT2D eigenvalue weighted by atomic mass is 9.76. The molecule has 3 rings (SSSR count). The van der Waals surface area contributed by atoms with E-state index in [1.807, 2.05) is 29.8 Å². The minimum Gasteiger partial charge on any atom is -0.309 e. The largest absolute Gasteiger partial charge is 0.309 e. The summed E-state index contributed by atoms with van der Waals surface area (Å²) in [5, 5.41) is 4.85. The molecule has 0 aliphatic heterocycles. The van der Waals surface area contributed by atoms with E-state index in [2.05, 4.69) is 37.1 Å². The van der Waals surface area contributed by atoms with E-state index >= 15 is 0 Å². The third kappa shape index (κ3) is 3.33. The van der Waals surface area contributed by atoms with Gasteiger partial charge in [-0.1, -0.05) is 26.8 Å². The Bertz CT molecular complexity index is 604. The number of hydrogen-bond donors (Lipinski definition) is 1. The highest BCUT2D eigenvalue weighted by atomic mass is 32.1. The molecule has 1 atom stereocenters. The molecule has 0 saturated heterocycles. The van der Waals surface area contributed by atoms with Crippen molar-refractivity contribution in [2.24, 2.45) is 5.41 Å². The zero-order chi connectivity index (χ0) is 14.9. The molecule has 4 heteroatoms. The van der Waals surface area contributed by atoms with Crippen LogP contribution in [-0.4, -0.2) is 16.5 Å². The summed E-state index contributed by atoms with van der Waals surface area (Å²) in [5.74, 6) is 0. The molecule has 1 unspecified atom stereocenters. The van der Waals surface area contributed by atoms with E-state index in [4.69, 9.17) is 4.98 Å². The van der Waals surface area contributed by atoms with Crippen LogP contribution in [0, 0.1) is 5.41 Å². The first-order chi connectivity index (χ1) is 10.1. The van der Waals surface area contributed by atoms with Crippen molar-refractivity contribution in [2.45, 2.75) is 46.1 Å². The predicted molar refractivity (Wildman–Crippen MR) is 87.7 cm³/mol. The summed E-state index contributed by atoms with van der Waals surface area (Å²) in [4.78, 5) is 10.6. The van der Waals surface area contributed by atoms with Gasteiger partial charge in [-0.2, -0.15) is 0 Å². The maximum Gasteiger partial charge on any atom is 0.0976 e. The summed E-state index contributed by atoms with van der Waals surface area (Å²) < 4.78 is 0. The maximum atomic E-state index is 4.92. The lowest BCUT2D eigenvalue weighted by Gasteiger charge is -2.34. The van der Waals surface area contributed by atoms with Crippen molar-refractivity contribution < 1.29 is 0 Å². The van der Waals surface area contributed by atoms with E-state index in [-0.39, 0.29) is 0 Å². The molecule has 21 heavy (non-hydrogen) atoms. The first kappa shape index (κ1) is 14.7. The Morgan fingerprint density at radius 2 is 2.29 bits per heavy atom. The van der Waals surface area contributed by atoms with Gasteiger partial charge in [-0.15, -0.1) is 11.3 Å². The molecule has 0 saturated carbocycles. The molecule has 1 aliphatic carbocycles. The number of rotatable bonds is 4. The standard InChI is InChI=1S/C17H23N3S/c1-4-19-13-9-17(2,3)10-14-16(13)21-15(20-14)8-12-6-5-7-18-11-12/h5-7,11,13,19H,4,8-10H2,1-3H3. The predicted octanol–water partition coefficient (Wildman–Crippen LogP) is 3.75. The fourth-order valence-corrected chi connectivity index (χ4v) is 4.34. The molecule has 2 aromatic heterocycles. The first-order valence-electron chi connectivity index (χ1n) is 7.68. The average Bonchev–Trinajstić information content (AvgIpc) is 2.81. The van der Waals surface area contributed by atoms with Crippen molar-refractivity contribution in [1.82, 2.24) is 15.3 Å². The normalized spacial score (nSPS) is 20.2. The molecular formula is C17H23N3S. The Hall–Kier alpha value is -1.26. The third-order valence-corrected chi connectivity index (χ3v) is 5.23. The van der Waals surface area contributed by atoms with Gasteiger partial charge in [-0.25, -0.2) is 4.98 Å². The molecule has 0 bridgehead atoms. The topological polar surface area (TPSA) is 37.8 Å². The summed E-state index contributed by atoms with van der Waals surface area (Å²) in [5.41, 5.74) is 2.88. The lowest BCUT2D eigenvalue weighted by Crippen LogP contribution is -2.32. The fourth-order valence-electron chi connectivity index (χ4n) is 3.15. The Balaban J connectivity index is 1.87. The average molecular weight is 301 g/mol. The molecule has 3 nitrogen and oxygen atoms in total. The molecule has 1 N–H and O–H groups in total. The quantitative estimate of drug-likeness (QED) is 0.934. The van der Waals surface area contributed by atoms with Gasteiger partial charge in [-0.05, 0) is 36.4 Å². The van der Waals surface area contributed by atoms with Crippen LogP contribution in [-0.2, 0) is 12.8 Å². The number of hydrogen-bond acceptors (Lipinski definition) is 4. The summed E-state index contributed by atoms with van der Waals surface area (Å²) in [7, 11) is 0. The molecular weight excluding hydrogens is 278 g/mol. The van der Waals surface area contributed by atoms with E-state index in [1.165, 1.54) is 27.6 Å². The molecule has 112 valence electrons. The molecule has 0 amide bonds. The van der Waals surface area contributed by atoms with Gasteiger partial charge >= 0.3 is 0 Å². The number of nitrogens with one attached hydrogen (secondary N) is 1. The van der Waals surface area contributed by atoms with Crippen LogP contribution in [0.25, 0.3) is 0 Å². The second kappa shape index (κ2) is 5.85. The van der Waals surface area contributed by atoms with E-state index in [0.717, 1.165) is 19.4 Å². The second-order valence-corrected chi connectivity index (χ2v) is 7.73. The van der Waals surface area contributed by atoms with E-state index < -0.39 is 0 Å². The van der Waals surface area contributed by atoms with Gasteiger partial charge in [0.1, 0.15) is 0 Å². The SMILES string of the molecule is CCNC1CC(C)(C)Cc2nc(Cc3cccnc3)sc21. The van der Waals surface area contributed by atoms with Gasteiger partial charge in [-0.3, -0.25) is 4.98 Å². The Kier molecular flexibility index (Phi) is 4.09. The van der Waals surface area contributed by atoms with Gasteiger partial charge < -0.3 is 5.32 Å². The first-order valence-corrected chi connectivity index (χ1v) is 8.50. The van der Waals surface area contributed by atoms with Gasteiger partial charge in [0.15, 0.2) is 0 Å². The highest BCUT2D eigenvalue weighted by Crippen LogP contribution is 2.43. The van der Waals surface area contributed by atoms with Crippen LogP contribution in [0.1, 0.15) is 54.4 Å². The number of thiazole rings is 1. The zero-order valence-corrected chi connectivity index (χ0v) is 13.8. The smallest absolute Gasteiger partial charge is 0.0976 e. The molecule has 0 fully saturated rings. The van der Waals surface area contributed by atoms with Gasteiger partial charge in [0.25, 0.3) is 0 Å². The van der Waals surface area contributed by atoms with Crippen LogP contribution in [0.15, 0.2) is 24.5 Å². The van der Waals surface area contributed by atoms with E-state index in [9.17, 15) is 0 Å². The van der Waals surface area contributed by atoms with Crippen LogP contribution in [0.4, 0.5) is 0 Å². The number of aromatic nitrogens is 2. The van der Waals surface area contributed by atoms with Crippen molar-refractivity contribution in [3.8, 4) is 0 Å². The van der Waals surface area contributed by atoms with Gasteiger partial charge in [0.05, 0.1) is 10.7 Å². The van der Waals surface area contributed by atoms with Crippen LogP contribution in [0.5, 0.6) is 0 Å². The second-order valence-electron chi connectivity index (χ2n) is 6.61. The van der Waals surface area contributed by atoms with Crippen LogP contribution < -0.4 is 5.32 Å². The Morgan fingerprint density at radius 1 is 1.43 bits per heavy atom. The molecule has 1 aliphatic rings. The van der Waals surface area contributed by atoms with Crippen molar-refractivity contribution in [1.29, 1.82) is 0 Å². The maximum absolute atomic E-state index is 4.92. The molecule has 2 aromatic rings. The Morgan fingerprint density at radius 3 is 3.00 bits per heavy atom. The van der Waals surface area contributed by atoms with Crippen LogP contribution >= 0.6 is 11.3 Å². The summed E-state index contributed by atoms with van der Waals surface area (Å²) in [6.07, 6.45) is 6.94. The van der Waals surface area contributed by atoms with E-state index in [0.29, 0.717) is 11.5 Å². The van der Waals surface area contributed by atoms with Gasteiger partial charge in [0, 0.05) is 29.7 Å². The lowest BCUT2D eigenvalue weighted by molar-refractivity contribution is 0.260. The molecule has 2 heterocycles. The Labute approximate surface area is 130 Å². The van der Waals surface area contributed by atoms with Gasteiger partial charge in [0.2, 0.25) is 0 Å². The number of nitrogens with zero attached hydrogens (tertiary/aromatic N) is 2. The number of fused-ring (bicyclic) bond motifs is 1. The summed E-state index contributed by atoms with van der Waals surface area (Å²) in [6.45, 7) is 7.88. The molecule has 0 aromatic carbocycles. The van der Waals surface area contributed by atoms with Crippen LogP contribution in [0.2, 0.25) is 0 Å². The van der Waals surface area contributed by atoms with Crippen LogP contribution in [0.3, 0.4) is 0 Å². The summed E-state index contributed by atoms with van der Waals surface area (Å²) >= 11 is 1.88. The van der Waals surface area contributed by atoms with E-state index in [1.54, 1.807) is 0 Å². The number of pyridine rings is 1. The highest BCUT2D eigenvalue weighted by molar-refractivity contribution is 7.11. The molecule has 0 spiro atoms. The van der Waals surface area contributed by atoms with Crippen molar-refractivity contribution in [3.63, 3.8) is 0 Å².